The van der Waals surface area contributed by atoms with Gasteiger partial charge in [-0.25, -0.2) is 0 Å². The molecule has 72 valence electrons. The van der Waals surface area contributed by atoms with Crippen molar-refractivity contribution in [2.75, 3.05) is 20.7 Å². The van der Waals surface area contributed by atoms with Gasteiger partial charge >= 0.3 is 0 Å². The molecular formula is C9H19NO2. The molecule has 0 aromatic rings. The van der Waals surface area contributed by atoms with Crippen LogP contribution in [-0.4, -0.2) is 43.5 Å². The highest BCUT2D eigenvalue weighted by molar-refractivity contribution is 5.57. The van der Waals surface area contributed by atoms with Crippen molar-refractivity contribution in [2.24, 2.45) is 0 Å². The maximum atomic E-state index is 10.5. The van der Waals surface area contributed by atoms with Gasteiger partial charge in [-0.15, -0.1) is 0 Å². The molecule has 12 heavy (non-hydrogen) atoms. The molecule has 0 unspecified atom stereocenters. The van der Waals surface area contributed by atoms with Gasteiger partial charge in [0, 0.05) is 0 Å². The van der Waals surface area contributed by atoms with Gasteiger partial charge in [0.05, 0.1) is 18.2 Å². The number of hydrogen-bond donors (Lipinski definition) is 0. The highest BCUT2D eigenvalue weighted by atomic mass is 16.5. The van der Waals surface area contributed by atoms with Crippen LogP contribution in [0.1, 0.15) is 20.8 Å². The number of nitrogens with zero attached hydrogens (tertiary/aromatic N) is 1. The molecule has 0 saturated carbocycles. The van der Waals surface area contributed by atoms with Crippen LogP contribution in [0, 0.1) is 0 Å². The summed E-state index contributed by atoms with van der Waals surface area (Å²) in [6.07, 6.45) is 0.908. The molecule has 0 radical (unpaired) electrons. The first-order chi connectivity index (χ1) is 5.37. The summed E-state index contributed by atoms with van der Waals surface area (Å²) in [5, 5.41) is 0. The third-order valence-electron chi connectivity index (χ3n) is 1.51. The molecule has 3 nitrogen and oxygen atoms in total. The maximum Gasteiger partial charge on any atom is 0.139 e. The Morgan fingerprint density at radius 1 is 1.42 bits per heavy atom. The fourth-order valence-corrected chi connectivity index (χ4v) is 0.645. The normalized spacial score (nSPS) is 14.8. The first-order valence-electron chi connectivity index (χ1n) is 4.12. The van der Waals surface area contributed by atoms with Gasteiger partial charge in [0.2, 0.25) is 0 Å². The SMILES string of the molecule is CN(C)[C@H](C=O)COC(C)(C)C. The maximum absolute atomic E-state index is 10.5. The molecule has 0 fully saturated rings. The summed E-state index contributed by atoms with van der Waals surface area (Å²) in [6.45, 7) is 6.39. The highest BCUT2D eigenvalue weighted by Gasteiger charge is 2.15. The van der Waals surface area contributed by atoms with Gasteiger partial charge < -0.3 is 9.53 Å². The van der Waals surface area contributed by atoms with Gasteiger partial charge in [-0.3, -0.25) is 4.90 Å². The summed E-state index contributed by atoms with van der Waals surface area (Å²) in [6, 6.07) is -0.135. The minimum Gasteiger partial charge on any atom is -0.374 e. The fourth-order valence-electron chi connectivity index (χ4n) is 0.645. The number of aldehydes is 1. The van der Waals surface area contributed by atoms with Crippen LogP contribution in [0.25, 0.3) is 0 Å². The lowest BCUT2D eigenvalue weighted by Gasteiger charge is -2.24. The third-order valence-corrected chi connectivity index (χ3v) is 1.51. The monoisotopic (exact) mass is 173 g/mol. The second kappa shape index (κ2) is 4.58. The van der Waals surface area contributed by atoms with Crippen LogP contribution < -0.4 is 0 Å². The van der Waals surface area contributed by atoms with Crippen LogP contribution in [0.15, 0.2) is 0 Å². The van der Waals surface area contributed by atoms with Gasteiger partial charge in [-0.05, 0) is 34.9 Å². The molecule has 0 aliphatic heterocycles. The second-order valence-corrected chi connectivity index (χ2v) is 4.09. The topological polar surface area (TPSA) is 29.5 Å². The largest absolute Gasteiger partial charge is 0.374 e. The van der Waals surface area contributed by atoms with Crippen LogP contribution in [0.2, 0.25) is 0 Å². The van der Waals surface area contributed by atoms with Gasteiger partial charge in [0.15, 0.2) is 0 Å². The smallest absolute Gasteiger partial charge is 0.139 e. The lowest BCUT2D eigenvalue weighted by molar-refractivity contribution is -0.115. The average Bonchev–Trinajstić information content (AvgIpc) is 1.85. The van der Waals surface area contributed by atoms with Crippen molar-refractivity contribution >= 4 is 6.29 Å². The molecule has 0 aromatic heterocycles. The van der Waals surface area contributed by atoms with E-state index < -0.39 is 0 Å². The predicted octanol–water partition coefficient (Wildman–Crippen LogP) is 0.931. The minimum atomic E-state index is -0.169. The van der Waals surface area contributed by atoms with Crippen molar-refractivity contribution < 1.29 is 9.53 Å². The average molecular weight is 173 g/mol. The summed E-state index contributed by atoms with van der Waals surface area (Å²) in [5.41, 5.74) is -0.169. The predicted molar refractivity (Wildman–Crippen MR) is 49.2 cm³/mol. The summed E-state index contributed by atoms with van der Waals surface area (Å²) in [5.74, 6) is 0. The van der Waals surface area contributed by atoms with Crippen LogP contribution in [0.4, 0.5) is 0 Å². The Morgan fingerprint density at radius 3 is 2.17 bits per heavy atom. The van der Waals surface area contributed by atoms with E-state index in [1.165, 1.54) is 0 Å². The molecule has 1 atom stereocenters. The quantitative estimate of drug-likeness (QED) is 0.592. The van der Waals surface area contributed by atoms with Gasteiger partial charge in [-0.1, -0.05) is 0 Å². The van der Waals surface area contributed by atoms with Crippen LogP contribution in [0.3, 0.4) is 0 Å². The standard InChI is InChI=1S/C9H19NO2/c1-9(2,3)12-7-8(6-11)10(4)5/h6,8H,7H2,1-5H3/t8-/m1/s1. The number of carbonyl (C=O) groups is 1. The molecule has 0 aromatic carbocycles. The Hall–Kier alpha value is -0.410. The number of hydrogen-bond acceptors (Lipinski definition) is 3. The molecule has 0 heterocycles. The first kappa shape index (κ1) is 11.6. The highest BCUT2D eigenvalue weighted by Crippen LogP contribution is 2.07. The molecule has 0 rings (SSSR count). The number of carbonyl (C=O) groups excluding carboxylic acids is 1. The summed E-state index contributed by atoms with van der Waals surface area (Å²) >= 11 is 0. The van der Waals surface area contributed by atoms with Crippen molar-refractivity contribution in [3.8, 4) is 0 Å². The molecular weight excluding hydrogens is 154 g/mol. The van der Waals surface area contributed by atoms with Crippen LogP contribution >= 0.6 is 0 Å². The van der Waals surface area contributed by atoms with E-state index in [1.54, 1.807) is 0 Å². The molecule has 0 N–H and O–H groups in total. The van der Waals surface area contributed by atoms with E-state index in [9.17, 15) is 4.79 Å². The van der Waals surface area contributed by atoms with E-state index in [0.717, 1.165) is 6.29 Å². The van der Waals surface area contributed by atoms with E-state index in [2.05, 4.69) is 0 Å². The molecule has 0 spiro atoms. The van der Waals surface area contributed by atoms with Gasteiger partial charge in [0.25, 0.3) is 0 Å². The number of ether oxygens (including phenoxy) is 1. The molecule has 3 heteroatoms. The molecule has 0 amide bonds. The molecule has 0 aliphatic rings. The lowest BCUT2D eigenvalue weighted by atomic mass is 10.2. The van der Waals surface area contributed by atoms with E-state index in [-0.39, 0.29) is 11.6 Å². The Morgan fingerprint density at radius 2 is 1.92 bits per heavy atom. The number of rotatable bonds is 4. The van der Waals surface area contributed by atoms with Crippen molar-refractivity contribution in [3.63, 3.8) is 0 Å². The summed E-state index contributed by atoms with van der Waals surface area (Å²) in [4.78, 5) is 12.4. The van der Waals surface area contributed by atoms with Crippen LogP contribution in [-0.2, 0) is 9.53 Å². The Kier molecular flexibility index (Phi) is 4.42. The zero-order valence-corrected chi connectivity index (χ0v) is 8.63. The Labute approximate surface area is 74.7 Å². The third kappa shape index (κ3) is 5.27. The van der Waals surface area contributed by atoms with Crippen molar-refractivity contribution in [1.82, 2.24) is 4.90 Å². The van der Waals surface area contributed by atoms with Crippen molar-refractivity contribution in [3.05, 3.63) is 0 Å². The van der Waals surface area contributed by atoms with Crippen molar-refractivity contribution in [2.45, 2.75) is 32.4 Å². The number of likely N-dealkylation sites (N-methyl/N-ethyl adjacent to an activating group) is 1. The first-order valence-corrected chi connectivity index (χ1v) is 4.12. The van der Waals surface area contributed by atoms with Gasteiger partial charge in [-0.2, -0.15) is 0 Å². The van der Waals surface area contributed by atoms with E-state index in [0.29, 0.717) is 6.61 Å². The van der Waals surface area contributed by atoms with E-state index >= 15 is 0 Å². The van der Waals surface area contributed by atoms with Gasteiger partial charge in [0.1, 0.15) is 6.29 Å². The molecule has 0 aliphatic carbocycles. The Balaban J connectivity index is 3.81. The summed E-state index contributed by atoms with van der Waals surface area (Å²) < 4.78 is 5.47. The minimum absolute atomic E-state index is 0.135. The van der Waals surface area contributed by atoms with Crippen LogP contribution in [0.5, 0.6) is 0 Å². The Bertz CT molecular complexity index is 138. The van der Waals surface area contributed by atoms with Crippen molar-refractivity contribution in [1.29, 1.82) is 0 Å². The fraction of sp³-hybridized carbons (Fsp3) is 0.889. The zero-order chi connectivity index (χ0) is 9.78. The summed E-state index contributed by atoms with van der Waals surface area (Å²) in [7, 11) is 3.73. The second-order valence-electron chi connectivity index (χ2n) is 4.09. The van der Waals surface area contributed by atoms with E-state index in [1.807, 2.05) is 39.8 Å². The molecule has 0 bridgehead atoms. The zero-order valence-electron chi connectivity index (χ0n) is 8.63. The lowest BCUT2D eigenvalue weighted by Crippen LogP contribution is -2.36. The molecule has 0 saturated heterocycles. The van der Waals surface area contributed by atoms with E-state index in [4.69, 9.17) is 4.74 Å².